The number of thiazole rings is 1. The van der Waals surface area contributed by atoms with Crippen LogP contribution in [0, 0.1) is 0 Å². The molecule has 1 amide bonds. The Labute approximate surface area is 158 Å². The number of nitrogens with zero attached hydrogens (tertiary/aromatic N) is 3. The third-order valence-corrected chi connectivity index (χ3v) is 5.97. The van der Waals surface area contributed by atoms with Crippen LogP contribution in [0.15, 0.2) is 53.7 Å². The molecule has 0 aliphatic heterocycles. The summed E-state index contributed by atoms with van der Waals surface area (Å²) in [6, 6.07) is 15.3. The first kappa shape index (κ1) is 16.9. The number of hydrogen-bond acceptors (Lipinski definition) is 6. The number of methoxy groups -OCH3 is 1. The molecule has 1 N–H and O–H groups in total. The lowest BCUT2D eigenvalue weighted by Crippen LogP contribution is -2.22. The van der Waals surface area contributed by atoms with Crippen LogP contribution in [0.2, 0.25) is 0 Å². The number of ether oxygens (including phenoxy) is 1. The molecule has 0 spiro atoms. The number of benzene rings is 2. The molecule has 26 heavy (non-hydrogen) atoms. The second kappa shape index (κ2) is 6.97. The Morgan fingerprint density at radius 3 is 2.73 bits per heavy atom. The van der Waals surface area contributed by atoms with E-state index in [2.05, 4.69) is 21.6 Å². The highest BCUT2D eigenvalue weighted by Crippen LogP contribution is 2.31. The minimum atomic E-state index is -0.317. The number of rotatable bonds is 5. The molecule has 0 saturated heterocycles. The number of aromatic nitrogens is 3. The van der Waals surface area contributed by atoms with E-state index in [0.717, 1.165) is 31.8 Å². The molecule has 2 aromatic heterocycles. The van der Waals surface area contributed by atoms with Gasteiger partial charge in [0, 0.05) is 5.69 Å². The predicted octanol–water partition coefficient (Wildman–Crippen LogP) is 4.07. The average molecular weight is 384 g/mol. The topological polar surface area (TPSA) is 68.5 Å². The maximum atomic E-state index is 12.5. The molecule has 6 nitrogen and oxygen atoms in total. The van der Waals surface area contributed by atoms with Crippen molar-refractivity contribution < 1.29 is 9.53 Å². The molecular weight excluding hydrogens is 368 g/mol. The SMILES string of the molecule is COc1ccc(NC(=O)C(C)Sc2nnc3sc4ccccc4n23)cc1. The van der Waals surface area contributed by atoms with Crippen LogP contribution in [0.4, 0.5) is 5.69 Å². The largest absolute Gasteiger partial charge is 0.497 e. The smallest absolute Gasteiger partial charge is 0.237 e. The molecule has 2 aromatic carbocycles. The van der Waals surface area contributed by atoms with Gasteiger partial charge >= 0.3 is 0 Å². The quantitative estimate of drug-likeness (QED) is 0.525. The van der Waals surface area contributed by atoms with E-state index in [1.165, 1.54) is 11.8 Å². The summed E-state index contributed by atoms with van der Waals surface area (Å²) >= 11 is 2.98. The second-order valence-electron chi connectivity index (χ2n) is 5.65. The number of anilines is 1. The summed E-state index contributed by atoms with van der Waals surface area (Å²) in [5.41, 5.74) is 1.79. The molecule has 1 atom stereocenters. The van der Waals surface area contributed by atoms with Crippen LogP contribution in [-0.2, 0) is 4.79 Å². The second-order valence-corrected chi connectivity index (χ2v) is 7.97. The summed E-state index contributed by atoms with van der Waals surface area (Å²) < 4.78 is 8.28. The van der Waals surface area contributed by atoms with Crippen molar-refractivity contribution in [3.8, 4) is 5.75 Å². The standard InChI is InChI=1S/C18H16N4O2S2/c1-11(16(23)19-12-7-9-13(24-2)10-8-12)25-17-20-21-18-22(17)14-5-3-4-6-15(14)26-18/h3-11H,1-2H3,(H,19,23). The van der Waals surface area contributed by atoms with E-state index in [4.69, 9.17) is 4.74 Å². The zero-order valence-corrected chi connectivity index (χ0v) is 15.8. The van der Waals surface area contributed by atoms with Crippen LogP contribution in [0.5, 0.6) is 5.75 Å². The van der Waals surface area contributed by atoms with Crippen LogP contribution in [0.25, 0.3) is 15.2 Å². The van der Waals surface area contributed by atoms with Gasteiger partial charge in [-0.05, 0) is 43.3 Å². The van der Waals surface area contributed by atoms with Gasteiger partial charge in [0.15, 0.2) is 5.16 Å². The molecule has 0 aliphatic rings. The Morgan fingerprint density at radius 1 is 1.19 bits per heavy atom. The monoisotopic (exact) mass is 384 g/mol. The van der Waals surface area contributed by atoms with Crippen molar-refractivity contribution in [3.63, 3.8) is 0 Å². The first-order chi connectivity index (χ1) is 12.7. The van der Waals surface area contributed by atoms with E-state index < -0.39 is 0 Å². The summed E-state index contributed by atoms with van der Waals surface area (Å²) in [5, 5.41) is 11.8. The number of para-hydroxylation sites is 1. The molecule has 0 saturated carbocycles. The molecule has 0 fully saturated rings. The maximum Gasteiger partial charge on any atom is 0.237 e. The van der Waals surface area contributed by atoms with Gasteiger partial charge in [0.2, 0.25) is 10.9 Å². The highest BCUT2D eigenvalue weighted by molar-refractivity contribution is 8.00. The fourth-order valence-electron chi connectivity index (χ4n) is 2.56. The lowest BCUT2D eigenvalue weighted by molar-refractivity contribution is -0.115. The van der Waals surface area contributed by atoms with Crippen molar-refractivity contribution >= 4 is 49.9 Å². The van der Waals surface area contributed by atoms with E-state index >= 15 is 0 Å². The number of hydrogen-bond donors (Lipinski definition) is 1. The van der Waals surface area contributed by atoms with Crippen molar-refractivity contribution in [3.05, 3.63) is 48.5 Å². The number of carbonyl (C=O) groups is 1. The molecule has 4 rings (SSSR count). The molecule has 132 valence electrons. The third-order valence-electron chi connectivity index (χ3n) is 3.92. The molecule has 8 heteroatoms. The van der Waals surface area contributed by atoms with Crippen molar-refractivity contribution in [2.75, 3.05) is 12.4 Å². The Kier molecular flexibility index (Phi) is 4.52. The van der Waals surface area contributed by atoms with Crippen LogP contribution in [-0.4, -0.2) is 32.9 Å². The highest BCUT2D eigenvalue weighted by Gasteiger charge is 2.20. The fourth-order valence-corrected chi connectivity index (χ4v) is 4.44. The van der Waals surface area contributed by atoms with Gasteiger partial charge in [-0.25, -0.2) is 0 Å². The zero-order chi connectivity index (χ0) is 18.1. The maximum absolute atomic E-state index is 12.5. The summed E-state index contributed by atoms with van der Waals surface area (Å²) in [6.07, 6.45) is 0. The van der Waals surface area contributed by atoms with Gasteiger partial charge in [-0.15, -0.1) is 10.2 Å². The molecule has 0 bridgehead atoms. The lowest BCUT2D eigenvalue weighted by Gasteiger charge is -2.11. The number of amides is 1. The van der Waals surface area contributed by atoms with Gasteiger partial charge in [-0.2, -0.15) is 0 Å². The van der Waals surface area contributed by atoms with Gasteiger partial charge in [-0.1, -0.05) is 35.2 Å². The van der Waals surface area contributed by atoms with Crippen LogP contribution in [0.3, 0.4) is 0 Å². The van der Waals surface area contributed by atoms with Crippen molar-refractivity contribution in [1.29, 1.82) is 0 Å². The molecule has 0 aliphatic carbocycles. The summed E-state index contributed by atoms with van der Waals surface area (Å²) in [5.74, 6) is 0.664. The predicted molar refractivity (Wildman–Crippen MR) is 105 cm³/mol. The minimum absolute atomic E-state index is 0.0866. The van der Waals surface area contributed by atoms with Gasteiger partial charge in [0.1, 0.15) is 5.75 Å². The van der Waals surface area contributed by atoms with E-state index in [1.807, 2.05) is 53.8 Å². The van der Waals surface area contributed by atoms with Crippen molar-refractivity contribution in [2.24, 2.45) is 0 Å². The summed E-state index contributed by atoms with van der Waals surface area (Å²) in [4.78, 5) is 13.3. The third kappa shape index (κ3) is 3.13. The Morgan fingerprint density at radius 2 is 1.96 bits per heavy atom. The van der Waals surface area contributed by atoms with E-state index in [1.54, 1.807) is 18.4 Å². The van der Waals surface area contributed by atoms with E-state index in [-0.39, 0.29) is 11.2 Å². The number of carbonyl (C=O) groups excluding carboxylic acids is 1. The summed E-state index contributed by atoms with van der Waals surface area (Å²) in [7, 11) is 1.61. The molecule has 2 heterocycles. The van der Waals surface area contributed by atoms with Gasteiger partial charge in [0.05, 0.1) is 22.6 Å². The van der Waals surface area contributed by atoms with Crippen LogP contribution >= 0.6 is 23.1 Å². The number of fused-ring (bicyclic) bond motifs is 3. The van der Waals surface area contributed by atoms with E-state index in [0.29, 0.717) is 0 Å². The van der Waals surface area contributed by atoms with Crippen molar-refractivity contribution in [2.45, 2.75) is 17.3 Å². The molecule has 0 radical (unpaired) electrons. The normalized spacial score (nSPS) is 12.4. The number of thioether (sulfide) groups is 1. The molecule has 4 aromatic rings. The lowest BCUT2D eigenvalue weighted by atomic mass is 10.3. The first-order valence-electron chi connectivity index (χ1n) is 8.00. The van der Waals surface area contributed by atoms with Crippen molar-refractivity contribution in [1.82, 2.24) is 14.6 Å². The number of nitrogens with one attached hydrogen (secondary N) is 1. The van der Waals surface area contributed by atoms with E-state index in [9.17, 15) is 4.79 Å². The molecular formula is C18H16N4O2S2. The molecule has 1 unspecified atom stereocenters. The Bertz CT molecular complexity index is 1070. The average Bonchev–Trinajstić information content (AvgIpc) is 3.22. The minimum Gasteiger partial charge on any atom is -0.497 e. The summed E-state index contributed by atoms with van der Waals surface area (Å²) in [6.45, 7) is 1.86. The Hall–Kier alpha value is -2.58. The first-order valence-corrected chi connectivity index (χ1v) is 9.69. The fraction of sp³-hybridized carbons (Fsp3) is 0.167. The van der Waals surface area contributed by atoms with Crippen LogP contribution < -0.4 is 10.1 Å². The highest BCUT2D eigenvalue weighted by atomic mass is 32.2. The zero-order valence-electron chi connectivity index (χ0n) is 14.2. The van der Waals surface area contributed by atoms with Crippen LogP contribution in [0.1, 0.15) is 6.92 Å². The van der Waals surface area contributed by atoms with Gasteiger partial charge in [0.25, 0.3) is 0 Å². The Balaban J connectivity index is 1.52. The van der Waals surface area contributed by atoms with Gasteiger partial charge in [-0.3, -0.25) is 9.20 Å². The van der Waals surface area contributed by atoms with Gasteiger partial charge < -0.3 is 10.1 Å².